The van der Waals surface area contributed by atoms with E-state index in [0.29, 0.717) is 12.7 Å². The highest BCUT2D eigenvalue weighted by Gasteiger charge is 2.11. The van der Waals surface area contributed by atoms with Gasteiger partial charge in [-0.25, -0.2) is 0 Å². The second-order valence-corrected chi connectivity index (χ2v) is 4.47. The zero-order valence-electron chi connectivity index (χ0n) is 5.84. The van der Waals surface area contributed by atoms with Crippen LogP contribution in [0.2, 0.25) is 0 Å². The number of nitrogens with two attached hydrogens (primary N) is 1. The number of carbonyl (C=O) groups excluding carboxylic acids is 1. The van der Waals surface area contributed by atoms with Crippen molar-refractivity contribution in [2.45, 2.75) is 0 Å². The van der Waals surface area contributed by atoms with E-state index >= 15 is 0 Å². The average molecular weight is 389 g/mol. The molecule has 0 radical (unpaired) electrons. The Morgan fingerprint density at radius 1 is 1.33 bits per heavy atom. The third-order valence-corrected chi connectivity index (χ3v) is 2.97. The average Bonchev–Trinajstić information content (AvgIpc) is 1.82. The third kappa shape index (κ3) is 2.00. The van der Waals surface area contributed by atoms with Gasteiger partial charge in [-0.15, -0.1) is 0 Å². The lowest BCUT2D eigenvalue weighted by atomic mass is 10.2. The van der Waals surface area contributed by atoms with Crippen molar-refractivity contribution in [1.82, 2.24) is 0 Å². The van der Waals surface area contributed by atoms with Crippen LogP contribution >= 0.6 is 45.2 Å². The van der Waals surface area contributed by atoms with Crippen LogP contribution in [0.5, 0.6) is 5.75 Å². The summed E-state index contributed by atoms with van der Waals surface area (Å²) in [6, 6.07) is 3.01. The van der Waals surface area contributed by atoms with Gasteiger partial charge in [0.05, 0.1) is 5.56 Å². The molecule has 0 aliphatic heterocycles. The van der Waals surface area contributed by atoms with E-state index in [0.717, 1.165) is 0 Å². The quantitative estimate of drug-likeness (QED) is 0.719. The monoisotopic (exact) mass is 389 g/mol. The molecule has 5 heteroatoms. The van der Waals surface area contributed by atoms with Crippen molar-refractivity contribution in [3.05, 3.63) is 24.8 Å². The van der Waals surface area contributed by atoms with E-state index in [1.54, 1.807) is 0 Å². The highest BCUT2D eigenvalue weighted by atomic mass is 127. The molecule has 0 saturated carbocycles. The zero-order valence-corrected chi connectivity index (χ0v) is 10.2. The number of rotatable bonds is 1. The van der Waals surface area contributed by atoms with Gasteiger partial charge in [0.15, 0.2) is 0 Å². The molecule has 0 bridgehead atoms. The summed E-state index contributed by atoms with van der Waals surface area (Å²) >= 11 is 3.92. The lowest BCUT2D eigenvalue weighted by Gasteiger charge is -2.03. The largest absolute Gasteiger partial charge is 0.508 e. The first-order chi connectivity index (χ1) is 5.52. The zero-order chi connectivity index (χ0) is 9.30. The number of carbonyl (C=O) groups is 1. The van der Waals surface area contributed by atoms with E-state index in [1.165, 1.54) is 12.1 Å². The van der Waals surface area contributed by atoms with E-state index in [1.807, 2.05) is 45.2 Å². The van der Waals surface area contributed by atoms with Gasteiger partial charge in [0.25, 0.3) is 5.91 Å². The lowest BCUT2D eigenvalue weighted by molar-refractivity contribution is 0.0998. The molecule has 0 aromatic heterocycles. The number of hydrogen-bond acceptors (Lipinski definition) is 2. The Balaban J connectivity index is 3.38. The van der Waals surface area contributed by atoms with Crippen molar-refractivity contribution in [2.24, 2.45) is 5.73 Å². The number of phenolic OH excluding ortho intramolecular Hbond substituents is 1. The molecular formula is C7H5I2NO2. The van der Waals surface area contributed by atoms with Crippen molar-refractivity contribution in [3.8, 4) is 5.75 Å². The Hall–Kier alpha value is -0.0500. The van der Waals surface area contributed by atoms with Gasteiger partial charge in [-0.2, -0.15) is 0 Å². The summed E-state index contributed by atoms with van der Waals surface area (Å²) in [5.41, 5.74) is 5.60. The van der Waals surface area contributed by atoms with Crippen molar-refractivity contribution in [2.75, 3.05) is 0 Å². The summed E-state index contributed by atoms with van der Waals surface area (Å²) in [6.45, 7) is 0. The van der Waals surface area contributed by atoms with Crippen LogP contribution in [0.1, 0.15) is 10.4 Å². The van der Waals surface area contributed by atoms with Crippen molar-refractivity contribution in [1.29, 1.82) is 0 Å². The molecule has 3 nitrogen and oxygen atoms in total. The molecular weight excluding hydrogens is 384 g/mol. The van der Waals surface area contributed by atoms with Crippen LogP contribution in [-0.4, -0.2) is 11.0 Å². The molecule has 0 saturated heterocycles. The first-order valence-electron chi connectivity index (χ1n) is 3.00. The minimum Gasteiger partial charge on any atom is -0.508 e. The van der Waals surface area contributed by atoms with Gasteiger partial charge in [-0.3, -0.25) is 4.79 Å². The van der Waals surface area contributed by atoms with Gasteiger partial charge in [-0.05, 0) is 57.3 Å². The van der Waals surface area contributed by atoms with Crippen molar-refractivity contribution >= 4 is 51.1 Å². The van der Waals surface area contributed by atoms with E-state index in [4.69, 9.17) is 10.8 Å². The maximum Gasteiger partial charge on any atom is 0.250 e. The minimum atomic E-state index is -0.469. The first kappa shape index (κ1) is 10.0. The van der Waals surface area contributed by atoms with E-state index < -0.39 is 5.91 Å². The molecule has 1 aromatic rings. The molecule has 0 aliphatic carbocycles. The fourth-order valence-electron chi connectivity index (χ4n) is 0.795. The summed E-state index contributed by atoms with van der Waals surface area (Å²) in [7, 11) is 0. The molecule has 0 heterocycles. The van der Waals surface area contributed by atoms with Crippen LogP contribution in [0.15, 0.2) is 12.1 Å². The molecule has 0 aliphatic rings. The third-order valence-electron chi connectivity index (χ3n) is 1.27. The Morgan fingerprint density at radius 3 is 2.08 bits per heavy atom. The van der Waals surface area contributed by atoms with Crippen LogP contribution in [0, 0.1) is 7.14 Å². The van der Waals surface area contributed by atoms with Crippen LogP contribution in [0.25, 0.3) is 0 Å². The van der Waals surface area contributed by atoms with E-state index in [9.17, 15) is 4.79 Å². The molecule has 0 unspecified atom stereocenters. The molecule has 64 valence electrons. The lowest BCUT2D eigenvalue weighted by Crippen LogP contribution is -2.14. The summed E-state index contributed by atoms with van der Waals surface area (Å²) < 4.78 is 1.34. The second kappa shape index (κ2) is 3.77. The summed E-state index contributed by atoms with van der Waals surface area (Å²) in [5.74, 6) is -0.322. The van der Waals surface area contributed by atoms with E-state index in [2.05, 4.69) is 0 Å². The Kier molecular flexibility index (Phi) is 3.16. The fourth-order valence-corrected chi connectivity index (χ4v) is 3.06. The SMILES string of the molecule is NC(=O)c1c(I)cc(O)cc1I. The highest BCUT2D eigenvalue weighted by molar-refractivity contribution is 14.1. The standard InChI is InChI=1S/C7H5I2NO2/c8-4-1-3(11)2-5(9)6(4)7(10)12/h1-2,11H,(H2,10,12). The topological polar surface area (TPSA) is 63.3 Å². The molecule has 1 aromatic carbocycles. The Bertz CT molecular complexity index is 315. The van der Waals surface area contributed by atoms with Gasteiger partial charge in [0.2, 0.25) is 0 Å². The number of hydrogen-bond donors (Lipinski definition) is 2. The van der Waals surface area contributed by atoms with Gasteiger partial charge < -0.3 is 10.8 Å². The number of halogens is 2. The second-order valence-electron chi connectivity index (χ2n) is 2.15. The Labute approximate surface area is 96.6 Å². The van der Waals surface area contributed by atoms with Gasteiger partial charge >= 0.3 is 0 Å². The molecule has 0 spiro atoms. The maximum atomic E-state index is 10.9. The van der Waals surface area contributed by atoms with Gasteiger partial charge in [0, 0.05) is 7.14 Å². The predicted molar refractivity (Wildman–Crippen MR) is 62.1 cm³/mol. The van der Waals surface area contributed by atoms with Gasteiger partial charge in [-0.1, -0.05) is 0 Å². The van der Waals surface area contributed by atoms with Crippen LogP contribution in [0.4, 0.5) is 0 Å². The van der Waals surface area contributed by atoms with Crippen molar-refractivity contribution < 1.29 is 9.90 Å². The van der Waals surface area contributed by atoms with Gasteiger partial charge in [0.1, 0.15) is 5.75 Å². The number of aromatic hydroxyl groups is 1. The van der Waals surface area contributed by atoms with Crippen LogP contribution in [0.3, 0.4) is 0 Å². The maximum absolute atomic E-state index is 10.9. The fraction of sp³-hybridized carbons (Fsp3) is 0. The minimum absolute atomic E-state index is 0.147. The smallest absolute Gasteiger partial charge is 0.250 e. The number of amides is 1. The normalized spacial score (nSPS) is 9.83. The summed E-state index contributed by atoms with van der Waals surface area (Å²) in [5, 5.41) is 9.14. The molecule has 1 rings (SSSR count). The summed E-state index contributed by atoms with van der Waals surface area (Å²) in [4.78, 5) is 10.9. The van der Waals surface area contributed by atoms with Crippen molar-refractivity contribution in [3.63, 3.8) is 0 Å². The first-order valence-corrected chi connectivity index (χ1v) is 5.16. The number of phenols is 1. The number of primary amides is 1. The molecule has 0 fully saturated rings. The van der Waals surface area contributed by atoms with E-state index in [-0.39, 0.29) is 5.75 Å². The molecule has 1 amide bonds. The highest BCUT2D eigenvalue weighted by Crippen LogP contribution is 2.24. The molecule has 0 atom stereocenters. The van der Waals surface area contributed by atoms with Crippen LogP contribution in [-0.2, 0) is 0 Å². The summed E-state index contributed by atoms with van der Waals surface area (Å²) in [6.07, 6.45) is 0. The molecule has 3 N–H and O–H groups in total. The predicted octanol–water partition coefficient (Wildman–Crippen LogP) is 1.70. The Morgan fingerprint density at radius 2 is 1.75 bits per heavy atom. The number of benzene rings is 1. The van der Waals surface area contributed by atoms with Crippen LogP contribution < -0.4 is 5.73 Å². The molecule has 12 heavy (non-hydrogen) atoms.